The van der Waals surface area contributed by atoms with Crippen molar-refractivity contribution in [3.63, 3.8) is 0 Å². The van der Waals surface area contributed by atoms with E-state index in [1.54, 1.807) is 6.20 Å². The molecular weight excluding hydrogens is 186 g/mol. The molecular formula is C9H13NO2S. The van der Waals surface area contributed by atoms with Gasteiger partial charge in [0.25, 0.3) is 0 Å². The van der Waals surface area contributed by atoms with E-state index in [4.69, 9.17) is 9.26 Å². The van der Waals surface area contributed by atoms with Crippen molar-refractivity contribution in [3.8, 4) is 0 Å². The zero-order valence-corrected chi connectivity index (χ0v) is 8.42. The van der Waals surface area contributed by atoms with Crippen LogP contribution in [0.1, 0.15) is 19.1 Å². The van der Waals surface area contributed by atoms with Gasteiger partial charge in [0.1, 0.15) is 5.76 Å². The van der Waals surface area contributed by atoms with Crippen molar-refractivity contribution >= 4 is 11.8 Å². The maximum atomic E-state index is 5.47. The van der Waals surface area contributed by atoms with Gasteiger partial charge < -0.3 is 9.26 Å². The minimum absolute atomic E-state index is 0.382. The van der Waals surface area contributed by atoms with Crippen molar-refractivity contribution in [2.75, 3.05) is 6.61 Å². The topological polar surface area (TPSA) is 35.3 Å². The van der Waals surface area contributed by atoms with Crippen molar-refractivity contribution in [3.05, 3.63) is 18.0 Å². The zero-order valence-electron chi connectivity index (χ0n) is 7.60. The Bertz CT molecular complexity index is 250. The molecule has 0 amide bonds. The smallest absolute Gasteiger partial charge is 0.146 e. The van der Waals surface area contributed by atoms with Gasteiger partial charge >= 0.3 is 0 Å². The third-order valence-electron chi connectivity index (χ3n) is 2.24. The van der Waals surface area contributed by atoms with E-state index >= 15 is 0 Å². The van der Waals surface area contributed by atoms with Gasteiger partial charge in [-0.05, 0) is 13.3 Å². The van der Waals surface area contributed by atoms with Crippen LogP contribution in [0.15, 0.2) is 16.8 Å². The van der Waals surface area contributed by atoms with E-state index in [2.05, 4.69) is 12.1 Å². The summed E-state index contributed by atoms with van der Waals surface area (Å²) in [4.78, 5) is 0. The average molecular weight is 199 g/mol. The van der Waals surface area contributed by atoms with Crippen molar-refractivity contribution in [1.82, 2.24) is 5.16 Å². The number of ether oxygens (including phenoxy) is 1. The van der Waals surface area contributed by atoms with Crippen LogP contribution < -0.4 is 0 Å². The summed E-state index contributed by atoms with van der Waals surface area (Å²) in [5.41, 5.74) is 0. The molecule has 0 aromatic carbocycles. The van der Waals surface area contributed by atoms with Crippen LogP contribution in [0.2, 0.25) is 0 Å². The molecule has 0 spiro atoms. The molecule has 1 aromatic heterocycles. The number of rotatable bonds is 3. The highest BCUT2D eigenvalue weighted by Crippen LogP contribution is 2.28. The van der Waals surface area contributed by atoms with Gasteiger partial charge in [0.2, 0.25) is 0 Å². The normalized spacial score (nSPS) is 28.1. The number of aromatic nitrogens is 1. The van der Waals surface area contributed by atoms with Crippen LogP contribution in [-0.2, 0) is 10.5 Å². The molecule has 2 unspecified atom stereocenters. The van der Waals surface area contributed by atoms with Gasteiger partial charge in [0.15, 0.2) is 0 Å². The molecule has 1 aliphatic rings. The van der Waals surface area contributed by atoms with E-state index in [0.29, 0.717) is 11.4 Å². The standard InChI is InChI=1S/C9H13NO2S/c1-7-9(3-5-11-7)13-6-8-2-4-10-12-8/h2,4,7,9H,3,5-6H2,1H3. The molecule has 1 saturated heterocycles. The highest BCUT2D eigenvalue weighted by atomic mass is 32.2. The monoisotopic (exact) mass is 199 g/mol. The van der Waals surface area contributed by atoms with Crippen LogP contribution in [0.25, 0.3) is 0 Å². The van der Waals surface area contributed by atoms with Crippen molar-refractivity contribution in [2.45, 2.75) is 30.5 Å². The van der Waals surface area contributed by atoms with E-state index in [1.165, 1.54) is 0 Å². The summed E-state index contributed by atoms with van der Waals surface area (Å²) in [6, 6.07) is 1.91. The lowest BCUT2D eigenvalue weighted by Gasteiger charge is -2.11. The highest BCUT2D eigenvalue weighted by molar-refractivity contribution is 7.99. The first-order chi connectivity index (χ1) is 6.36. The Morgan fingerprint density at radius 3 is 3.23 bits per heavy atom. The predicted molar refractivity (Wildman–Crippen MR) is 51.6 cm³/mol. The third kappa shape index (κ3) is 2.25. The lowest BCUT2D eigenvalue weighted by molar-refractivity contribution is 0.127. The molecule has 72 valence electrons. The summed E-state index contributed by atoms with van der Waals surface area (Å²) in [6.07, 6.45) is 3.22. The fraction of sp³-hybridized carbons (Fsp3) is 0.667. The minimum Gasteiger partial charge on any atom is -0.377 e. The molecule has 1 aromatic rings. The van der Waals surface area contributed by atoms with Crippen LogP contribution in [0.4, 0.5) is 0 Å². The Morgan fingerprint density at radius 2 is 2.62 bits per heavy atom. The second-order valence-electron chi connectivity index (χ2n) is 3.19. The van der Waals surface area contributed by atoms with Crippen LogP contribution in [0, 0.1) is 0 Å². The van der Waals surface area contributed by atoms with Gasteiger partial charge in [-0.15, -0.1) is 11.8 Å². The zero-order chi connectivity index (χ0) is 9.10. The van der Waals surface area contributed by atoms with Crippen LogP contribution >= 0.6 is 11.8 Å². The van der Waals surface area contributed by atoms with Crippen molar-refractivity contribution in [2.24, 2.45) is 0 Å². The Morgan fingerprint density at radius 1 is 1.69 bits per heavy atom. The molecule has 0 bridgehead atoms. The fourth-order valence-electron chi connectivity index (χ4n) is 1.44. The fourth-order valence-corrected chi connectivity index (χ4v) is 2.58. The number of hydrogen-bond acceptors (Lipinski definition) is 4. The van der Waals surface area contributed by atoms with Gasteiger partial charge in [-0.1, -0.05) is 5.16 Å². The number of hydrogen-bond donors (Lipinski definition) is 0. The Hall–Kier alpha value is -0.480. The third-order valence-corrected chi connectivity index (χ3v) is 3.74. The van der Waals surface area contributed by atoms with Gasteiger partial charge in [0, 0.05) is 17.9 Å². The molecule has 0 radical (unpaired) electrons. The van der Waals surface area contributed by atoms with Gasteiger partial charge in [-0.3, -0.25) is 0 Å². The summed E-state index contributed by atoms with van der Waals surface area (Å²) >= 11 is 1.89. The Labute approximate surface area is 81.8 Å². The molecule has 2 rings (SSSR count). The van der Waals surface area contributed by atoms with Crippen molar-refractivity contribution in [1.29, 1.82) is 0 Å². The second kappa shape index (κ2) is 4.15. The van der Waals surface area contributed by atoms with Crippen molar-refractivity contribution < 1.29 is 9.26 Å². The molecule has 0 saturated carbocycles. The van der Waals surface area contributed by atoms with E-state index in [9.17, 15) is 0 Å². The summed E-state index contributed by atoms with van der Waals surface area (Å²) in [6.45, 7) is 3.03. The molecule has 1 fully saturated rings. The lowest BCUT2D eigenvalue weighted by atomic mass is 10.3. The molecule has 1 aliphatic heterocycles. The summed E-state index contributed by atoms with van der Waals surface area (Å²) in [5.74, 6) is 1.85. The van der Waals surface area contributed by atoms with E-state index < -0.39 is 0 Å². The maximum Gasteiger partial charge on any atom is 0.146 e. The summed E-state index contributed by atoms with van der Waals surface area (Å²) < 4.78 is 10.5. The van der Waals surface area contributed by atoms with Crippen LogP contribution in [0.3, 0.4) is 0 Å². The Balaban J connectivity index is 1.79. The second-order valence-corrected chi connectivity index (χ2v) is 4.42. The molecule has 3 nitrogen and oxygen atoms in total. The van der Waals surface area contributed by atoms with Gasteiger partial charge in [-0.2, -0.15) is 0 Å². The first-order valence-corrected chi connectivity index (χ1v) is 5.54. The average Bonchev–Trinajstić information content (AvgIpc) is 2.72. The van der Waals surface area contributed by atoms with Crippen LogP contribution in [0.5, 0.6) is 0 Å². The summed E-state index contributed by atoms with van der Waals surface area (Å²) in [5, 5.41) is 4.28. The molecule has 2 atom stereocenters. The number of thioether (sulfide) groups is 1. The Kier molecular flexibility index (Phi) is 2.90. The van der Waals surface area contributed by atoms with Gasteiger partial charge in [0.05, 0.1) is 18.1 Å². The summed E-state index contributed by atoms with van der Waals surface area (Å²) in [7, 11) is 0. The molecule has 2 heterocycles. The first kappa shape index (κ1) is 9.09. The highest BCUT2D eigenvalue weighted by Gasteiger charge is 2.24. The lowest BCUT2D eigenvalue weighted by Crippen LogP contribution is -2.13. The quantitative estimate of drug-likeness (QED) is 0.746. The SMILES string of the molecule is CC1OCCC1SCc1ccno1. The van der Waals surface area contributed by atoms with Crippen LogP contribution in [-0.4, -0.2) is 23.1 Å². The maximum absolute atomic E-state index is 5.47. The first-order valence-electron chi connectivity index (χ1n) is 4.49. The van der Waals surface area contributed by atoms with E-state index in [0.717, 1.165) is 24.5 Å². The molecule has 0 aliphatic carbocycles. The largest absolute Gasteiger partial charge is 0.377 e. The van der Waals surface area contributed by atoms with E-state index in [1.807, 2.05) is 17.8 Å². The molecule has 4 heteroatoms. The number of nitrogens with zero attached hydrogens (tertiary/aromatic N) is 1. The minimum atomic E-state index is 0.382. The molecule has 13 heavy (non-hydrogen) atoms. The molecule has 0 N–H and O–H groups in total. The van der Waals surface area contributed by atoms with Gasteiger partial charge in [-0.25, -0.2) is 0 Å². The predicted octanol–water partition coefficient (Wildman–Crippen LogP) is 2.09. The van der Waals surface area contributed by atoms with E-state index in [-0.39, 0.29) is 0 Å².